The number of rotatable bonds is 4. The number of ether oxygens (including phenoxy) is 1. The summed E-state index contributed by atoms with van der Waals surface area (Å²) in [7, 11) is 0. The van der Waals surface area contributed by atoms with Crippen LogP contribution in [0.5, 0.6) is 0 Å². The number of amides is 1. The van der Waals surface area contributed by atoms with Crippen molar-refractivity contribution in [3.05, 3.63) is 34.9 Å². The number of carbonyl (C=O) groups is 2. The van der Waals surface area contributed by atoms with Crippen LogP contribution in [0.15, 0.2) is 24.3 Å². The maximum atomic E-state index is 12.7. The molecule has 4 bridgehead atoms. The first-order chi connectivity index (χ1) is 11.9. The SMILES string of the molecule is C[C@@H](OC(=O)c1ccccc1Cl)C(=O)NC12CC3CC(CC(C3)C1)C2. The van der Waals surface area contributed by atoms with Gasteiger partial charge in [-0.25, -0.2) is 4.79 Å². The fourth-order valence-corrected chi connectivity index (χ4v) is 5.74. The molecule has 25 heavy (non-hydrogen) atoms. The third-order valence-electron chi connectivity index (χ3n) is 6.17. The van der Waals surface area contributed by atoms with Gasteiger partial charge in [-0.15, -0.1) is 0 Å². The molecule has 4 nitrogen and oxygen atoms in total. The minimum Gasteiger partial charge on any atom is -0.449 e. The topological polar surface area (TPSA) is 55.4 Å². The van der Waals surface area contributed by atoms with Gasteiger partial charge in [0.2, 0.25) is 0 Å². The minimum atomic E-state index is -0.822. The first kappa shape index (κ1) is 16.9. The van der Waals surface area contributed by atoms with Crippen molar-refractivity contribution in [2.24, 2.45) is 17.8 Å². The summed E-state index contributed by atoms with van der Waals surface area (Å²) in [6, 6.07) is 6.72. The van der Waals surface area contributed by atoms with Crippen LogP contribution >= 0.6 is 11.6 Å². The van der Waals surface area contributed by atoms with E-state index in [1.165, 1.54) is 19.3 Å². The fraction of sp³-hybridized carbons (Fsp3) is 0.600. The summed E-state index contributed by atoms with van der Waals surface area (Å²) in [6.45, 7) is 1.63. The lowest BCUT2D eigenvalue weighted by Gasteiger charge is -2.57. The molecule has 134 valence electrons. The molecule has 1 aromatic carbocycles. The summed E-state index contributed by atoms with van der Waals surface area (Å²) in [4.78, 5) is 24.9. The zero-order chi connectivity index (χ0) is 17.6. The van der Waals surface area contributed by atoms with Gasteiger partial charge in [-0.05, 0) is 75.3 Å². The first-order valence-corrected chi connectivity index (χ1v) is 9.59. The Bertz CT molecular complexity index is 667. The third kappa shape index (κ3) is 3.29. The quantitative estimate of drug-likeness (QED) is 0.825. The monoisotopic (exact) mass is 361 g/mol. The van der Waals surface area contributed by atoms with E-state index in [0.29, 0.717) is 10.6 Å². The predicted molar refractivity (Wildman–Crippen MR) is 95.4 cm³/mol. The average molecular weight is 362 g/mol. The van der Waals surface area contributed by atoms with Crippen molar-refractivity contribution in [3.8, 4) is 0 Å². The molecule has 0 spiro atoms. The molecule has 1 atom stereocenters. The predicted octanol–water partition coefficient (Wildman–Crippen LogP) is 3.97. The van der Waals surface area contributed by atoms with Crippen molar-refractivity contribution < 1.29 is 14.3 Å². The number of halogens is 1. The number of hydrogen-bond acceptors (Lipinski definition) is 3. The molecule has 4 fully saturated rings. The van der Waals surface area contributed by atoms with E-state index in [1.807, 2.05) is 0 Å². The molecule has 1 aromatic rings. The smallest absolute Gasteiger partial charge is 0.340 e. The van der Waals surface area contributed by atoms with Gasteiger partial charge < -0.3 is 10.1 Å². The molecule has 4 aliphatic carbocycles. The maximum absolute atomic E-state index is 12.7. The summed E-state index contributed by atoms with van der Waals surface area (Å²) in [5, 5.41) is 3.58. The molecule has 5 rings (SSSR count). The van der Waals surface area contributed by atoms with E-state index < -0.39 is 12.1 Å². The Morgan fingerprint density at radius 1 is 1.12 bits per heavy atom. The molecule has 5 heteroatoms. The summed E-state index contributed by atoms with van der Waals surface area (Å²) in [5.41, 5.74) is 0.218. The zero-order valence-corrected chi connectivity index (χ0v) is 15.2. The number of carbonyl (C=O) groups excluding carboxylic acids is 2. The highest BCUT2D eigenvalue weighted by atomic mass is 35.5. The zero-order valence-electron chi connectivity index (χ0n) is 14.5. The van der Waals surface area contributed by atoms with Crippen LogP contribution in [0.2, 0.25) is 5.02 Å². The van der Waals surface area contributed by atoms with Gasteiger partial charge >= 0.3 is 5.97 Å². The molecule has 0 saturated heterocycles. The van der Waals surface area contributed by atoms with Gasteiger partial charge in [0.25, 0.3) is 5.91 Å². The molecule has 1 N–H and O–H groups in total. The van der Waals surface area contributed by atoms with Gasteiger partial charge in [0.05, 0.1) is 10.6 Å². The number of nitrogens with one attached hydrogen (secondary N) is 1. The number of esters is 1. The highest BCUT2D eigenvalue weighted by molar-refractivity contribution is 6.33. The lowest BCUT2D eigenvalue weighted by molar-refractivity contribution is -0.134. The summed E-state index contributed by atoms with van der Waals surface area (Å²) in [5.74, 6) is 1.52. The summed E-state index contributed by atoms with van der Waals surface area (Å²) < 4.78 is 5.36. The van der Waals surface area contributed by atoms with Gasteiger partial charge in [-0.1, -0.05) is 23.7 Å². The second-order valence-electron chi connectivity index (χ2n) is 8.21. The Kier molecular flexibility index (Phi) is 4.27. The molecule has 0 aliphatic heterocycles. The van der Waals surface area contributed by atoms with E-state index in [0.717, 1.165) is 37.0 Å². The Hall–Kier alpha value is -1.55. The summed E-state index contributed by atoms with van der Waals surface area (Å²) >= 11 is 6.03. The van der Waals surface area contributed by atoms with E-state index in [2.05, 4.69) is 5.32 Å². The standard InChI is InChI=1S/C20H24ClNO3/c1-12(25-19(24)16-4-2-3-5-17(16)21)18(23)22-20-9-13-6-14(10-20)8-15(7-13)11-20/h2-5,12-15H,6-11H2,1H3,(H,22,23)/t12-,13?,14?,15?,20?/m1/s1. The Morgan fingerprint density at radius 2 is 1.68 bits per heavy atom. The molecular weight excluding hydrogens is 338 g/mol. The van der Waals surface area contributed by atoms with Crippen molar-refractivity contribution in [2.45, 2.75) is 57.1 Å². The van der Waals surface area contributed by atoms with Crippen LogP contribution in [0.1, 0.15) is 55.8 Å². The van der Waals surface area contributed by atoms with Crippen LogP contribution in [0.4, 0.5) is 0 Å². The van der Waals surface area contributed by atoms with Gasteiger partial charge in [0.1, 0.15) is 0 Å². The van der Waals surface area contributed by atoms with Crippen molar-refractivity contribution >= 4 is 23.5 Å². The van der Waals surface area contributed by atoms with E-state index >= 15 is 0 Å². The Labute approximate surface area is 153 Å². The lowest BCUT2D eigenvalue weighted by atomic mass is 9.53. The molecule has 0 radical (unpaired) electrons. The van der Waals surface area contributed by atoms with Crippen LogP contribution in [-0.2, 0) is 9.53 Å². The van der Waals surface area contributed by atoms with E-state index in [4.69, 9.17) is 16.3 Å². The fourth-order valence-electron chi connectivity index (χ4n) is 5.53. The Balaban J connectivity index is 1.40. The summed E-state index contributed by atoms with van der Waals surface area (Å²) in [6.07, 6.45) is 6.39. The van der Waals surface area contributed by atoms with Crippen molar-refractivity contribution in [1.29, 1.82) is 0 Å². The molecule has 1 amide bonds. The third-order valence-corrected chi connectivity index (χ3v) is 6.50. The van der Waals surface area contributed by atoms with Crippen LogP contribution in [-0.4, -0.2) is 23.5 Å². The normalized spacial score (nSPS) is 33.8. The first-order valence-electron chi connectivity index (χ1n) is 9.22. The van der Waals surface area contributed by atoms with Gasteiger partial charge in [0, 0.05) is 5.54 Å². The molecule has 4 aliphatic rings. The largest absolute Gasteiger partial charge is 0.449 e. The molecule has 4 saturated carbocycles. The highest BCUT2D eigenvalue weighted by Crippen LogP contribution is 2.55. The van der Waals surface area contributed by atoms with Gasteiger partial charge in [-0.3, -0.25) is 4.79 Å². The molecular formula is C20H24ClNO3. The second kappa shape index (κ2) is 6.31. The minimum absolute atomic E-state index is 0.0725. The average Bonchev–Trinajstić information content (AvgIpc) is 2.53. The van der Waals surface area contributed by atoms with Crippen LogP contribution in [0.3, 0.4) is 0 Å². The Morgan fingerprint density at radius 3 is 2.24 bits per heavy atom. The number of hydrogen-bond donors (Lipinski definition) is 1. The van der Waals surface area contributed by atoms with E-state index in [1.54, 1.807) is 31.2 Å². The molecule has 0 unspecified atom stereocenters. The van der Waals surface area contributed by atoms with Gasteiger partial charge in [0.15, 0.2) is 6.10 Å². The second-order valence-corrected chi connectivity index (χ2v) is 8.62. The molecule has 0 heterocycles. The molecule has 0 aromatic heterocycles. The van der Waals surface area contributed by atoms with Crippen molar-refractivity contribution in [3.63, 3.8) is 0 Å². The van der Waals surface area contributed by atoms with Crippen molar-refractivity contribution in [2.75, 3.05) is 0 Å². The lowest BCUT2D eigenvalue weighted by Crippen LogP contribution is -2.61. The van der Waals surface area contributed by atoms with E-state index in [-0.39, 0.29) is 11.4 Å². The van der Waals surface area contributed by atoms with Crippen LogP contribution in [0.25, 0.3) is 0 Å². The highest BCUT2D eigenvalue weighted by Gasteiger charge is 2.51. The maximum Gasteiger partial charge on any atom is 0.340 e. The van der Waals surface area contributed by atoms with Crippen LogP contribution < -0.4 is 5.32 Å². The van der Waals surface area contributed by atoms with Crippen LogP contribution in [0, 0.1) is 17.8 Å². The van der Waals surface area contributed by atoms with Crippen molar-refractivity contribution in [1.82, 2.24) is 5.32 Å². The number of benzene rings is 1. The van der Waals surface area contributed by atoms with Gasteiger partial charge in [-0.2, -0.15) is 0 Å². The van der Waals surface area contributed by atoms with E-state index in [9.17, 15) is 9.59 Å².